The summed E-state index contributed by atoms with van der Waals surface area (Å²) >= 11 is 3.46. The van der Waals surface area contributed by atoms with Crippen LogP contribution in [0.25, 0.3) is 10.8 Å². The minimum Gasteiger partial charge on any atom is -0.478 e. The molecule has 1 unspecified atom stereocenters. The van der Waals surface area contributed by atoms with Crippen molar-refractivity contribution in [1.29, 1.82) is 0 Å². The van der Waals surface area contributed by atoms with Crippen LogP contribution in [0.15, 0.2) is 34.8 Å². The Labute approximate surface area is 119 Å². The van der Waals surface area contributed by atoms with E-state index in [9.17, 15) is 4.79 Å². The Morgan fingerprint density at radius 3 is 3.05 bits per heavy atom. The molecule has 1 heterocycles. The van der Waals surface area contributed by atoms with Crippen LogP contribution >= 0.6 is 15.9 Å². The van der Waals surface area contributed by atoms with Gasteiger partial charge in [-0.25, -0.2) is 4.79 Å². The Bertz CT molecular complexity index is 651. The molecular weight excluding hydrogens is 308 g/mol. The van der Waals surface area contributed by atoms with Crippen LogP contribution in [0.3, 0.4) is 0 Å². The van der Waals surface area contributed by atoms with Crippen LogP contribution in [0.1, 0.15) is 12.5 Å². The Balaban J connectivity index is 1.99. The van der Waals surface area contributed by atoms with E-state index in [2.05, 4.69) is 28.1 Å². The fourth-order valence-corrected chi connectivity index (χ4v) is 2.79. The molecule has 0 spiro atoms. The third-order valence-electron chi connectivity index (χ3n) is 3.26. The number of hydrogen-bond acceptors (Lipinski definition) is 3. The number of fused-ring (bicyclic) bond motifs is 3. The minimum atomic E-state index is -0.510. The van der Waals surface area contributed by atoms with E-state index in [4.69, 9.17) is 9.47 Å². The summed E-state index contributed by atoms with van der Waals surface area (Å²) in [5.41, 5.74) is 1.09. The fraction of sp³-hybridized carbons (Fsp3) is 0.267. The molecule has 0 saturated heterocycles. The van der Waals surface area contributed by atoms with E-state index in [-0.39, 0.29) is 5.97 Å². The molecule has 0 N–H and O–H groups in total. The van der Waals surface area contributed by atoms with E-state index < -0.39 is 6.10 Å². The number of rotatable bonds is 2. The van der Waals surface area contributed by atoms with Crippen molar-refractivity contribution in [3.05, 3.63) is 40.4 Å². The van der Waals surface area contributed by atoms with Gasteiger partial charge in [0.25, 0.3) is 0 Å². The van der Waals surface area contributed by atoms with Crippen LogP contribution in [0, 0.1) is 0 Å². The van der Waals surface area contributed by atoms with Gasteiger partial charge in [0.1, 0.15) is 5.75 Å². The van der Waals surface area contributed by atoms with Crippen LogP contribution < -0.4 is 4.74 Å². The van der Waals surface area contributed by atoms with Crippen LogP contribution in [0.4, 0.5) is 0 Å². The highest BCUT2D eigenvalue weighted by molar-refractivity contribution is 9.10. The van der Waals surface area contributed by atoms with Gasteiger partial charge in [-0.15, -0.1) is 0 Å². The summed E-state index contributed by atoms with van der Waals surface area (Å²) in [6.45, 7) is 2.18. The fourth-order valence-electron chi connectivity index (χ4n) is 2.41. The molecule has 4 heteroatoms. The van der Waals surface area contributed by atoms with Crippen molar-refractivity contribution < 1.29 is 14.3 Å². The van der Waals surface area contributed by atoms with Crippen LogP contribution in [0.5, 0.6) is 5.75 Å². The first-order valence-corrected chi connectivity index (χ1v) is 7.03. The summed E-state index contributed by atoms with van der Waals surface area (Å²) in [5, 5.41) is 2.27. The lowest BCUT2D eigenvalue weighted by molar-refractivity contribution is -0.150. The van der Waals surface area contributed by atoms with Gasteiger partial charge in [-0.1, -0.05) is 28.1 Å². The first kappa shape index (κ1) is 12.5. The molecule has 0 saturated carbocycles. The SMILES string of the molecule is CCOC(=O)C1Cc2c(ccc3cc(Br)ccc23)O1. The summed E-state index contributed by atoms with van der Waals surface area (Å²) < 4.78 is 11.7. The largest absolute Gasteiger partial charge is 0.478 e. The molecule has 19 heavy (non-hydrogen) atoms. The van der Waals surface area contributed by atoms with Gasteiger partial charge >= 0.3 is 5.97 Å². The van der Waals surface area contributed by atoms with Crippen molar-refractivity contribution in [2.24, 2.45) is 0 Å². The second kappa shape index (κ2) is 4.85. The van der Waals surface area contributed by atoms with Gasteiger partial charge in [-0.3, -0.25) is 0 Å². The number of carbonyl (C=O) groups excluding carboxylic acids is 1. The van der Waals surface area contributed by atoms with Gasteiger partial charge in [0, 0.05) is 16.5 Å². The van der Waals surface area contributed by atoms with Gasteiger partial charge in [-0.05, 0) is 35.9 Å². The predicted octanol–water partition coefficient (Wildman–Crippen LogP) is 3.47. The van der Waals surface area contributed by atoms with Gasteiger partial charge in [0.05, 0.1) is 6.61 Å². The van der Waals surface area contributed by atoms with Crippen molar-refractivity contribution in [2.45, 2.75) is 19.4 Å². The lowest BCUT2D eigenvalue weighted by Crippen LogP contribution is -2.27. The molecule has 3 nitrogen and oxygen atoms in total. The van der Waals surface area contributed by atoms with Gasteiger partial charge in [-0.2, -0.15) is 0 Å². The summed E-state index contributed by atoms with van der Waals surface area (Å²) in [6, 6.07) is 10.0. The van der Waals surface area contributed by atoms with Crippen molar-refractivity contribution in [3.63, 3.8) is 0 Å². The van der Waals surface area contributed by atoms with Crippen molar-refractivity contribution in [3.8, 4) is 5.75 Å². The molecule has 3 rings (SSSR count). The first-order valence-electron chi connectivity index (χ1n) is 6.23. The number of hydrogen-bond donors (Lipinski definition) is 0. The van der Waals surface area contributed by atoms with E-state index in [1.165, 1.54) is 0 Å². The molecule has 0 aromatic heterocycles. The number of esters is 1. The normalized spacial score (nSPS) is 17.1. The molecule has 0 fully saturated rings. The highest BCUT2D eigenvalue weighted by Crippen LogP contribution is 2.36. The summed E-state index contributed by atoms with van der Waals surface area (Å²) in [5.74, 6) is 0.497. The average molecular weight is 321 g/mol. The van der Waals surface area contributed by atoms with E-state index in [1.54, 1.807) is 6.92 Å². The maximum absolute atomic E-state index is 11.7. The zero-order chi connectivity index (χ0) is 13.4. The van der Waals surface area contributed by atoms with Crippen LogP contribution in [-0.2, 0) is 16.0 Å². The highest BCUT2D eigenvalue weighted by atomic mass is 79.9. The smallest absolute Gasteiger partial charge is 0.347 e. The molecule has 2 aromatic carbocycles. The summed E-state index contributed by atoms with van der Waals surface area (Å²) in [6.07, 6.45) is 0.0665. The van der Waals surface area contributed by atoms with Crippen molar-refractivity contribution >= 4 is 32.7 Å². The highest BCUT2D eigenvalue weighted by Gasteiger charge is 2.31. The maximum atomic E-state index is 11.7. The van der Waals surface area contributed by atoms with E-state index in [1.807, 2.05) is 18.2 Å². The molecule has 1 aliphatic heterocycles. The van der Waals surface area contributed by atoms with Crippen LogP contribution in [0.2, 0.25) is 0 Å². The van der Waals surface area contributed by atoms with Crippen molar-refractivity contribution in [1.82, 2.24) is 0 Å². The third kappa shape index (κ3) is 2.21. The van der Waals surface area contributed by atoms with Gasteiger partial charge in [0.2, 0.25) is 0 Å². The Hall–Kier alpha value is -1.55. The molecule has 2 aromatic rings. The number of carbonyl (C=O) groups is 1. The zero-order valence-corrected chi connectivity index (χ0v) is 12.1. The molecule has 0 radical (unpaired) electrons. The third-order valence-corrected chi connectivity index (χ3v) is 3.75. The van der Waals surface area contributed by atoms with E-state index in [0.717, 1.165) is 26.6 Å². The standard InChI is InChI=1S/C15H13BrO3/c1-2-18-15(17)14-8-12-11-5-4-10(16)7-9(11)3-6-13(12)19-14/h3-7,14H,2,8H2,1H3. The summed E-state index contributed by atoms with van der Waals surface area (Å²) in [7, 11) is 0. The molecule has 0 amide bonds. The Morgan fingerprint density at radius 2 is 2.26 bits per heavy atom. The van der Waals surface area contributed by atoms with Crippen molar-refractivity contribution in [2.75, 3.05) is 6.61 Å². The van der Waals surface area contributed by atoms with Crippen LogP contribution in [-0.4, -0.2) is 18.7 Å². The molecule has 1 atom stereocenters. The van der Waals surface area contributed by atoms with E-state index in [0.29, 0.717) is 13.0 Å². The molecule has 0 aliphatic carbocycles. The lowest BCUT2D eigenvalue weighted by Gasteiger charge is -2.08. The number of halogens is 1. The maximum Gasteiger partial charge on any atom is 0.347 e. The molecule has 98 valence electrons. The Kier molecular flexibility index (Phi) is 3.19. The summed E-state index contributed by atoms with van der Waals surface area (Å²) in [4.78, 5) is 11.7. The zero-order valence-electron chi connectivity index (χ0n) is 10.5. The average Bonchev–Trinajstić information content (AvgIpc) is 2.82. The van der Waals surface area contributed by atoms with Gasteiger partial charge in [0.15, 0.2) is 6.10 Å². The second-order valence-electron chi connectivity index (χ2n) is 4.47. The lowest BCUT2D eigenvalue weighted by atomic mass is 10.0. The molecule has 0 bridgehead atoms. The van der Waals surface area contributed by atoms with Gasteiger partial charge < -0.3 is 9.47 Å². The number of ether oxygens (including phenoxy) is 2. The predicted molar refractivity (Wildman–Crippen MR) is 76.4 cm³/mol. The monoisotopic (exact) mass is 320 g/mol. The Morgan fingerprint density at radius 1 is 1.42 bits per heavy atom. The molecule has 1 aliphatic rings. The molecular formula is C15H13BrO3. The first-order chi connectivity index (χ1) is 9.19. The number of benzene rings is 2. The quantitative estimate of drug-likeness (QED) is 0.795. The minimum absolute atomic E-state index is 0.288. The van der Waals surface area contributed by atoms with E-state index >= 15 is 0 Å². The topological polar surface area (TPSA) is 35.5 Å². The second-order valence-corrected chi connectivity index (χ2v) is 5.39.